The van der Waals surface area contributed by atoms with Crippen LogP contribution in [0.4, 0.5) is 0 Å². The number of halogens is 2. The van der Waals surface area contributed by atoms with Crippen LogP contribution in [0.2, 0.25) is 10.0 Å². The highest BCUT2D eigenvalue weighted by Crippen LogP contribution is 2.34. The van der Waals surface area contributed by atoms with E-state index >= 15 is 0 Å². The molecule has 74 valence electrons. The van der Waals surface area contributed by atoms with Gasteiger partial charge in [-0.25, -0.2) is 0 Å². The number of H-pyrrole nitrogens is 1. The molecule has 0 spiro atoms. The maximum atomic E-state index is 8.87. The van der Waals surface area contributed by atoms with Gasteiger partial charge in [0.25, 0.3) is 0 Å². The zero-order valence-electron chi connectivity index (χ0n) is 7.59. The van der Waals surface area contributed by atoms with E-state index in [1.165, 1.54) is 0 Å². The Morgan fingerprint density at radius 2 is 1.93 bits per heavy atom. The Kier molecular flexibility index (Phi) is 2.68. The van der Waals surface area contributed by atoms with Gasteiger partial charge in [-0.15, -0.1) is 0 Å². The molecule has 0 fully saturated rings. The number of rotatable bonds is 1. The molecular weight excluding hydrogens is 231 g/mol. The standard InChI is InChI=1S/C11H6Cl2N2/c12-9-3-1-2-8(11(9)13)7-4-5-15-10(7)6-14/h1-5,15H. The summed E-state index contributed by atoms with van der Waals surface area (Å²) < 4.78 is 0. The van der Waals surface area contributed by atoms with Gasteiger partial charge in [-0.2, -0.15) is 5.26 Å². The molecule has 4 heteroatoms. The molecule has 2 nitrogen and oxygen atoms in total. The smallest absolute Gasteiger partial charge is 0.125 e. The summed E-state index contributed by atoms with van der Waals surface area (Å²) in [6.07, 6.45) is 1.70. The van der Waals surface area contributed by atoms with E-state index in [0.29, 0.717) is 15.7 Å². The van der Waals surface area contributed by atoms with Gasteiger partial charge in [-0.1, -0.05) is 35.3 Å². The molecule has 1 N–H and O–H groups in total. The molecule has 2 aromatic rings. The highest BCUT2D eigenvalue weighted by Gasteiger charge is 2.11. The molecule has 0 aliphatic carbocycles. The molecule has 0 amide bonds. The summed E-state index contributed by atoms with van der Waals surface area (Å²) in [4.78, 5) is 2.84. The summed E-state index contributed by atoms with van der Waals surface area (Å²) in [5.41, 5.74) is 2.02. The molecule has 0 aliphatic rings. The summed E-state index contributed by atoms with van der Waals surface area (Å²) in [5, 5.41) is 9.82. The number of hydrogen-bond donors (Lipinski definition) is 1. The van der Waals surface area contributed by atoms with E-state index in [1.807, 2.05) is 6.07 Å². The number of hydrogen-bond acceptors (Lipinski definition) is 1. The fourth-order valence-corrected chi connectivity index (χ4v) is 1.80. The second-order valence-electron chi connectivity index (χ2n) is 2.98. The van der Waals surface area contributed by atoms with Gasteiger partial charge < -0.3 is 4.98 Å². The quantitative estimate of drug-likeness (QED) is 0.803. The zero-order valence-corrected chi connectivity index (χ0v) is 9.10. The molecule has 0 unspecified atom stereocenters. The molecule has 1 heterocycles. The maximum Gasteiger partial charge on any atom is 0.125 e. The minimum atomic E-state index is 0.468. The molecule has 1 aromatic heterocycles. The topological polar surface area (TPSA) is 39.6 Å². The Bertz CT molecular complexity index is 538. The largest absolute Gasteiger partial charge is 0.353 e. The van der Waals surface area contributed by atoms with Crippen molar-refractivity contribution >= 4 is 23.2 Å². The summed E-state index contributed by atoms with van der Waals surface area (Å²) in [6.45, 7) is 0. The van der Waals surface area contributed by atoms with Crippen molar-refractivity contribution in [2.45, 2.75) is 0 Å². The number of benzene rings is 1. The van der Waals surface area contributed by atoms with Gasteiger partial charge in [0.15, 0.2) is 0 Å². The second-order valence-corrected chi connectivity index (χ2v) is 3.76. The van der Waals surface area contributed by atoms with E-state index in [9.17, 15) is 0 Å². The molecule has 0 aliphatic heterocycles. The van der Waals surface area contributed by atoms with Crippen LogP contribution in [0.25, 0.3) is 11.1 Å². The summed E-state index contributed by atoms with van der Waals surface area (Å²) in [7, 11) is 0. The average molecular weight is 237 g/mol. The highest BCUT2D eigenvalue weighted by atomic mass is 35.5. The van der Waals surface area contributed by atoms with Crippen molar-refractivity contribution in [1.29, 1.82) is 5.26 Å². The van der Waals surface area contributed by atoms with Crippen LogP contribution < -0.4 is 0 Å². The highest BCUT2D eigenvalue weighted by molar-refractivity contribution is 6.43. The molecule has 15 heavy (non-hydrogen) atoms. The van der Waals surface area contributed by atoms with E-state index in [0.717, 1.165) is 11.1 Å². The van der Waals surface area contributed by atoms with Crippen LogP contribution in [0.15, 0.2) is 30.5 Å². The van der Waals surface area contributed by atoms with Crippen LogP contribution in [-0.2, 0) is 0 Å². The van der Waals surface area contributed by atoms with Crippen molar-refractivity contribution in [2.24, 2.45) is 0 Å². The van der Waals surface area contributed by atoms with Crippen molar-refractivity contribution in [3.05, 3.63) is 46.2 Å². The Balaban J connectivity index is 2.65. The number of nitrogens with zero attached hydrogens (tertiary/aromatic N) is 1. The van der Waals surface area contributed by atoms with Crippen molar-refractivity contribution in [3.8, 4) is 17.2 Å². The molecule has 0 atom stereocenters. The van der Waals surface area contributed by atoms with Gasteiger partial charge in [0.1, 0.15) is 11.8 Å². The zero-order chi connectivity index (χ0) is 10.8. The van der Waals surface area contributed by atoms with Crippen molar-refractivity contribution in [2.75, 3.05) is 0 Å². The number of nitrogens with one attached hydrogen (secondary N) is 1. The van der Waals surface area contributed by atoms with Gasteiger partial charge >= 0.3 is 0 Å². The third-order valence-electron chi connectivity index (χ3n) is 2.10. The Morgan fingerprint density at radius 1 is 1.13 bits per heavy atom. The Hall–Kier alpha value is -1.43. The van der Waals surface area contributed by atoms with Crippen LogP contribution >= 0.6 is 23.2 Å². The lowest BCUT2D eigenvalue weighted by atomic mass is 10.1. The van der Waals surface area contributed by atoms with Gasteiger partial charge in [-0.05, 0) is 12.1 Å². The predicted octanol–water partition coefficient (Wildman–Crippen LogP) is 3.86. The van der Waals surface area contributed by atoms with E-state index in [1.54, 1.807) is 24.4 Å². The first kappa shape index (κ1) is 10.1. The number of aromatic nitrogens is 1. The lowest BCUT2D eigenvalue weighted by molar-refractivity contribution is 1.33. The number of nitriles is 1. The molecule has 0 bridgehead atoms. The first-order valence-corrected chi connectivity index (χ1v) is 5.01. The molecule has 0 saturated heterocycles. The predicted molar refractivity (Wildman–Crippen MR) is 61.0 cm³/mol. The Labute approximate surface area is 97.1 Å². The van der Waals surface area contributed by atoms with E-state index in [4.69, 9.17) is 28.5 Å². The maximum absolute atomic E-state index is 8.87. The van der Waals surface area contributed by atoms with Crippen LogP contribution in [-0.4, -0.2) is 4.98 Å². The van der Waals surface area contributed by atoms with Crippen molar-refractivity contribution < 1.29 is 0 Å². The monoisotopic (exact) mass is 236 g/mol. The van der Waals surface area contributed by atoms with Gasteiger partial charge in [-0.3, -0.25) is 0 Å². The average Bonchev–Trinajstić information content (AvgIpc) is 2.70. The van der Waals surface area contributed by atoms with Crippen LogP contribution in [0.1, 0.15) is 5.69 Å². The minimum absolute atomic E-state index is 0.468. The van der Waals surface area contributed by atoms with Gasteiger partial charge in [0.2, 0.25) is 0 Å². The molecular formula is C11H6Cl2N2. The first-order chi connectivity index (χ1) is 7.24. The van der Waals surface area contributed by atoms with E-state index in [-0.39, 0.29) is 0 Å². The molecule has 2 rings (SSSR count). The van der Waals surface area contributed by atoms with Crippen LogP contribution in [0, 0.1) is 11.3 Å². The lowest BCUT2D eigenvalue weighted by Crippen LogP contribution is -1.82. The van der Waals surface area contributed by atoms with Gasteiger partial charge in [0.05, 0.1) is 10.0 Å². The Morgan fingerprint density at radius 3 is 2.67 bits per heavy atom. The molecule has 1 aromatic carbocycles. The van der Waals surface area contributed by atoms with Crippen molar-refractivity contribution in [3.63, 3.8) is 0 Å². The lowest BCUT2D eigenvalue weighted by Gasteiger charge is -2.03. The second kappa shape index (κ2) is 3.98. The van der Waals surface area contributed by atoms with Crippen molar-refractivity contribution in [1.82, 2.24) is 4.98 Å². The SMILES string of the molecule is N#Cc1[nH]ccc1-c1cccc(Cl)c1Cl. The minimum Gasteiger partial charge on any atom is -0.353 e. The van der Waals surface area contributed by atoms with Crippen LogP contribution in [0.5, 0.6) is 0 Å². The number of aromatic amines is 1. The van der Waals surface area contributed by atoms with E-state index < -0.39 is 0 Å². The van der Waals surface area contributed by atoms with Crippen LogP contribution in [0.3, 0.4) is 0 Å². The fraction of sp³-hybridized carbons (Fsp3) is 0. The molecule has 0 saturated carbocycles. The van der Waals surface area contributed by atoms with E-state index in [2.05, 4.69) is 11.1 Å². The van der Waals surface area contributed by atoms with Gasteiger partial charge in [0, 0.05) is 17.3 Å². The summed E-state index contributed by atoms with van der Waals surface area (Å²) >= 11 is 12.0. The third-order valence-corrected chi connectivity index (χ3v) is 2.92. The molecule has 0 radical (unpaired) electrons. The summed E-state index contributed by atoms with van der Waals surface area (Å²) in [6, 6.07) is 9.21. The normalized spacial score (nSPS) is 9.93. The summed E-state index contributed by atoms with van der Waals surface area (Å²) in [5.74, 6) is 0. The third kappa shape index (κ3) is 1.72. The first-order valence-electron chi connectivity index (χ1n) is 4.26. The fourth-order valence-electron chi connectivity index (χ4n) is 1.40.